The summed E-state index contributed by atoms with van der Waals surface area (Å²) >= 11 is 3.44. The molecule has 1 aromatic heterocycles. The van der Waals surface area contributed by atoms with Gasteiger partial charge in [-0.15, -0.1) is 0 Å². The average Bonchev–Trinajstić information content (AvgIpc) is 2.78. The molecule has 1 aromatic carbocycles. The Hall–Kier alpha value is -1.56. The minimum Gasteiger partial charge on any atom is -0.311 e. The maximum atomic E-state index is 11.7. The van der Waals surface area contributed by atoms with E-state index in [2.05, 4.69) is 25.9 Å². The molecule has 0 bridgehead atoms. The number of alkyl halides is 1. The molecule has 1 aliphatic rings. The first-order valence-electron chi connectivity index (χ1n) is 5.30. The number of hydrogen-bond donors (Lipinski definition) is 2. The molecular formula is C11H10BrN3O2. The Kier molecular flexibility index (Phi) is 2.32. The topological polar surface area (TPSA) is 69.0 Å². The molecule has 1 fully saturated rings. The van der Waals surface area contributed by atoms with Gasteiger partial charge in [0.1, 0.15) is 0 Å². The number of H-pyrrole nitrogens is 2. The first kappa shape index (κ1) is 10.6. The van der Waals surface area contributed by atoms with Gasteiger partial charge in [-0.1, -0.05) is 15.9 Å². The number of amides is 1. The molecular weight excluding hydrogens is 286 g/mol. The molecule has 1 aliphatic heterocycles. The summed E-state index contributed by atoms with van der Waals surface area (Å²) in [5, 5.41) is 0. The van der Waals surface area contributed by atoms with E-state index in [1.165, 1.54) is 0 Å². The summed E-state index contributed by atoms with van der Waals surface area (Å²) < 4.78 is 0. The number of hydrogen-bond acceptors (Lipinski definition) is 2. The summed E-state index contributed by atoms with van der Waals surface area (Å²) in [6.45, 7) is 0.666. The molecule has 1 amide bonds. The van der Waals surface area contributed by atoms with Gasteiger partial charge in [0.2, 0.25) is 5.91 Å². The number of halogens is 1. The molecule has 1 saturated heterocycles. The van der Waals surface area contributed by atoms with Crippen LogP contribution in [0.3, 0.4) is 0 Å². The highest BCUT2D eigenvalue weighted by Gasteiger charge is 2.28. The van der Waals surface area contributed by atoms with Crippen molar-refractivity contribution in [3.05, 3.63) is 28.7 Å². The molecule has 5 nitrogen and oxygen atoms in total. The van der Waals surface area contributed by atoms with E-state index in [4.69, 9.17) is 0 Å². The Bertz CT molecular complexity index is 645. The van der Waals surface area contributed by atoms with E-state index >= 15 is 0 Å². The van der Waals surface area contributed by atoms with Crippen LogP contribution >= 0.6 is 15.9 Å². The monoisotopic (exact) mass is 295 g/mol. The summed E-state index contributed by atoms with van der Waals surface area (Å²) in [7, 11) is 0. The first-order chi connectivity index (χ1) is 8.13. The minimum absolute atomic E-state index is 0.101. The van der Waals surface area contributed by atoms with Crippen LogP contribution in [0.4, 0.5) is 5.69 Å². The predicted octanol–water partition coefficient (Wildman–Crippen LogP) is 1.36. The van der Waals surface area contributed by atoms with Gasteiger partial charge in [-0.25, -0.2) is 4.79 Å². The molecule has 0 spiro atoms. The number of aromatic nitrogens is 2. The second kappa shape index (κ2) is 3.73. The number of carbonyl (C=O) groups excluding carboxylic acids is 1. The van der Waals surface area contributed by atoms with Crippen LogP contribution < -0.4 is 10.6 Å². The molecule has 1 atom stereocenters. The molecule has 3 rings (SSSR count). The summed E-state index contributed by atoms with van der Waals surface area (Å²) in [4.78, 5) is 30.2. The molecule has 1 unspecified atom stereocenters. The third-order valence-corrected chi connectivity index (χ3v) is 3.50. The Labute approximate surface area is 105 Å². The zero-order valence-corrected chi connectivity index (χ0v) is 10.5. The Balaban J connectivity index is 2.06. The number of carbonyl (C=O) groups is 1. The quantitative estimate of drug-likeness (QED) is 0.780. The lowest BCUT2D eigenvalue weighted by Gasteiger charge is -2.15. The van der Waals surface area contributed by atoms with Crippen molar-refractivity contribution in [1.29, 1.82) is 0 Å². The van der Waals surface area contributed by atoms with Crippen molar-refractivity contribution < 1.29 is 4.79 Å². The maximum absolute atomic E-state index is 11.7. The van der Waals surface area contributed by atoms with Crippen LogP contribution in [-0.4, -0.2) is 27.2 Å². The zero-order chi connectivity index (χ0) is 12.0. The van der Waals surface area contributed by atoms with Gasteiger partial charge in [-0.05, 0) is 18.2 Å². The van der Waals surface area contributed by atoms with Gasteiger partial charge in [-0.2, -0.15) is 0 Å². The van der Waals surface area contributed by atoms with Crippen molar-refractivity contribution in [2.24, 2.45) is 0 Å². The fourth-order valence-electron chi connectivity index (χ4n) is 2.10. The fourth-order valence-corrected chi connectivity index (χ4v) is 2.67. The predicted molar refractivity (Wildman–Crippen MR) is 68.6 cm³/mol. The second-order valence-corrected chi connectivity index (χ2v) is 5.41. The second-order valence-electron chi connectivity index (χ2n) is 4.11. The van der Waals surface area contributed by atoms with Crippen LogP contribution in [0.5, 0.6) is 0 Å². The van der Waals surface area contributed by atoms with E-state index in [0.29, 0.717) is 13.0 Å². The van der Waals surface area contributed by atoms with E-state index in [1.807, 2.05) is 12.1 Å². The highest BCUT2D eigenvalue weighted by atomic mass is 79.9. The minimum atomic E-state index is -0.233. The van der Waals surface area contributed by atoms with Crippen molar-refractivity contribution >= 4 is 38.6 Å². The van der Waals surface area contributed by atoms with E-state index in [0.717, 1.165) is 16.7 Å². The van der Waals surface area contributed by atoms with Crippen molar-refractivity contribution in [2.45, 2.75) is 11.2 Å². The number of nitrogens with one attached hydrogen (secondary N) is 2. The van der Waals surface area contributed by atoms with E-state index in [1.54, 1.807) is 11.0 Å². The molecule has 0 aliphatic carbocycles. The number of aromatic amines is 2. The third kappa shape index (κ3) is 1.78. The van der Waals surface area contributed by atoms with Gasteiger partial charge in [0.25, 0.3) is 0 Å². The van der Waals surface area contributed by atoms with Crippen LogP contribution in [-0.2, 0) is 4.79 Å². The number of imidazole rings is 1. The molecule has 2 aromatic rings. The van der Waals surface area contributed by atoms with E-state index in [9.17, 15) is 9.59 Å². The molecule has 2 N–H and O–H groups in total. The smallest absolute Gasteiger partial charge is 0.311 e. The van der Waals surface area contributed by atoms with Gasteiger partial charge >= 0.3 is 5.69 Å². The van der Waals surface area contributed by atoms with E-state index < -0.39 is 0 Å². The van der Waals surface area contributed by atoms with Gasteiger partial charge in [-0.3, -0.25) is 4.79 Å². The number of rotatable bonds is 1. The summed E-state index contributed by atoms with van der Waals surface area (Å²) in [6.07, 6.45) is 0.516. The standard InChI is InChI=1S/C11H10BrN3O2/c12-6-3-10(16)15(5-6)7-1-2-8-9(4-7)14-11(17)13-8/h1-2,4,6H,3,5H2,(H2,13,14,17). The Morgan fingerprint density at radius 1 is 1.24 bits per heavy atom. The Morgan fingerprint density at radius 2 is 2.00 bits per heavy atom. The highest BCUT2D eigenvalue weighted by Crippen LogP contribution is 2.26. The van der Waals surface area contributed by atoms with Gasteiger partial charge < -0.3 is 14.9 Å². The number of benzene rings is 1. The van der Waals surface area contributed by atoms with Gasteiger partial charge in [0.15, 0.2) is 0 Å². The largest absolute Gasteiger partial charge is 0.323 e. The third-order valence-electron chi connectivity index (χ3n) is 2.89. The summed E-state index contributed by atoms with van der Waals surface area (Å²) in [5.41, 5.74) is 2.06. The summed E-state index contributed by atoms with van der Waals surface area (Å²) in [5.74, 6) is 0.101. The van der Waals surface area contributed by atoms with Gasteiger partial charge in [0, 0.05) is 23.5 Å². The molecule has 88 valence electrons. The molecule has 17 heavy (non-hydrogen) atoms. The van der Waals surface area contributed by atoms with Crippen molar-refractivity contribution in [1.82, 2.24) is 9.97 Å². The lowest BCUT2D eigenvalue weighted by molar-refractivity contribution is -0.117. The fraction of sp³-hybridized carbons (Fsp3) is 0.273. The lowest BCUT2D eigenvalue weighted by Crippen LogP contribution is -2.24. The highest BCUT2D eigenvalue weighted by molar-refractivity contribution is 9.09. The number of fused-ring (bicyclic) bond motifs is 1. The van der Waals surface area contributed by atoms with Crippen molar-refractivity contribution in [2.75, 3.05) is 11.4 Å². The van der Waals surface area contributed by atoms with Crippen LogP contribution in [0.2, 0.25) is 0 Å². The van der Waals surface area contributed by atoms with Crippen LogP contribution in [0, 0.1) is 0 Å². The van der Waals surface area contributed by atoms with Crippen molar-refractivity contribution in [3.8, 4) is 0 Å². The SMILES string of the molecule is O=C1CC(Br)CN1c1ccc2[nH]c(=O)[nH]c2c1. The molecule has 2 heterocycles. The average molecular weight is 296 g/mol. The number of nitrogens with zero attached hydrogens (tertiary/aromatic N) is 1. The zero-order valence-electron chi connectivity index (χ0n) is 8.87. The number of anilines is 1. The Morgan fingerprint density at radius 3 is 2.71 bits per heavy atom. The van der Waals surface area contributed by atoms with Crippen LogP contribution in [0.1, 0.15) is 6.42 Å². The molecule has 0 radical (unpaired) electrons. The normalized spacial score (nSPS) is 20.4. The van der Waals surface area contributed by atoms with Gasteiger partial charge in [0.05, 0.1) is 11.0 Å². The molecule has 6 heteroatoms. The van der Waals surface area contributed by atoms with E-state index in [-0.39, 0.29) is 16.4 Å². The first-order valence-corrected chi connectivity index (χ1v) is 6.21. The molecule has 0 saturated carbocycles. The van der Waals surface area contributed by atoms with Crippen LogP contribution in [0.15, 0.2) is 23.0 Å². The van der Waals surface area contributed by atoms with Crippen molar-refractivity contribution in [3.63, 3.8) is 0 Å². The van der Waals surface area contributed by atoms with Crippen LogP contribution in [0.25, 0.3) is 11.0 Å². The maximum Gasteiger partial charge on any atom is 0.323 e. The summed E-state index contributed by atoms with van der Waals surface area (Å²) in [6, 6.07) is 5.46. The lowest BCUT2D eigenvalue weighted by atomic mass is 10.2.